The fraction of sp³-hybridized carbons (Fsp3) is 0.154. The number of anilines is 1. The maximum atomic E-state index is 10.9. The van der Waals surface area contributed by atoms with Gasteiger partial charge in [0.15, 0.2) is 0 Å². The number of nitrogens with one attached hydrogen (secondary N) is 1. The minimum absolute atomic E-state index is 0.121. The summed E-state index contributed by atoms with van der Waals surface area (Å²) in [7, 11) is 0. The molecule has 0 bridgehead atoms. The Balaban J connectivity index is 2.10. The zero-order chi connectivity index (χ0) is 15.4. The van der Waals surface area contributed by atoms with Crippen molar-refractivity contribution < 1.29 is 4.92 Å². The van der Waals surface area contributed by atoms with E-state index in [2.05, 4.69) is 10.3 Å². The van der Waals surface area contributed by atoms with Crippen LogP contribution in [0.1, 0.15) is 5.56 Å². The van der Waals surface area contributed by atoms with Crippen LogP contribution >= 0.6 is 34.8 Å². The Hall–Kier alpha value is -1.56. The summed E-state index contributed by atoms with van der Waals surface area (Å²) in [5, 5.41) is 15.1. The van der Waals surface area contributed by atoms with Crippen LogP contribution < -0.4 is 5.32 Å². The minimum atomic E-state index is -0.520. The first-order valence-corrected chi connectivity index (χ1v) is 7.10. The summed E-state index contributed by atoms with van der Waals surface area (Å²) in [5.41, 5.74) is 0.641. The van der Waals surface area contributed by atoms with Gasteiger partial charge in [0, 0.05) is 22.7 Å². The van der Waals surface area contributed by atoms with Crippen LogP contribution in [-0.4, -0.2) is 16.5 Å². The Morgan fingerprint density at radius 1 is 1.14 bits per heavy atom. The molecule has 5 nitrogen and oxygen atoms in total. The normalized spacial score (nSPS) is 10.4. The molecule has 0 aliphatic heterocycles. The molecule has 1 heterocycles. The lowest BCUT2D eigenvalue weighted by Crippen LogP contribution is -2.09. The maximum Gasteiger partial charge on any atom is 0.311 e. The van der Waals surface area contributed by atoms with Gasteiger partial charge in [0.1, 0.15) is 5.15 Å². The molecule has 0 aliphatic rings. The van der Waals surface area contributed by atoms with Gasteiger partial charge in [-0.15, -0.1) is 0 Å². The number of nitrogens with zero attached hydrogens (tertiary/aromatic N) is 2. The number of halogens is 3. The Morgan fingerprint density at radius 2 is 1.81 bits per heavy atom. The van der Waals surface area contributed by atoms with Gasteiger partial charge in [0.25, 0.3) is 0 Å². The summed E-state index contributed by atoms with van der Waals surface area (Å²) < 4.78 is 0. The number of benzene rings is 1. The number of nitro groups is 1. The van der Waals surface area contributed by atoms with Crippen molar-refractivity contribution >= 4 is 46.3 Å². The van der Waals surface area contributed by atoms with Crippen LogP contribution in [0.25, 0.3) is 0 Å². The second-order valence-corrected chi connectivity index (χ2v) is 5.34. The minimum Gasteiger partial charge on any atom is -0.364 e. The molecule has 110 valence electrons. The Bertz CT molecular complexity index is 659. The van der Waals surface area contributed by atoms with Gasteiger partial charge in [-0.3, -0.25) is 10.1 Å². The molecule has 0 radical (unpaired) electrons. The average Bonchev–Trinajstić information content (AvgIpc) is 2.42. The van der Waals surface area contributed by atoms with Gasteiger partial charge in [-0.2, -0.15) is 0 Å². The van der Waals surface area contributed by atoms with Crippen molar-refractivity contribution in [3.05, 3.63) is 61.2 Å². The van der Waals surface area contributed by atoms with Gasteiger partial charge < -0.3 is 5.32 Å². The molecule has 1 N–H and O–H groups in total. The molecule has 1 aromatic carbocycles. The summed E-state index contributed by atoms with van der Waals surface area (Å²) in [6.07, 6.45) is 0.504. The van der Waals surface area contributed by atoms with Gasteiger partial charge in [-0.05, 0) is 30.2 Å². The lowest BCUT2D eigenvalue weighted by atomic mass is 10.1. The van der Waals surface area contributed by atoms with Crippen LogP contribution in [0.15, 0.2) is 30.3 Å². The molecule has 0 atom stereocenters. The van der Waals surface area contributed by atoms with E-state index in [-0.39, 0.29) is 16.7 Å². The van der Waals surface area contributed by atoms with E-state index in [1.54, 1.807) is 18.2 Å². The van der Waals surface area contributed by atoms with E-state index in [0.29, 0.717) is 23.0 Å². The first kappa shape index (κ1) is 15.8. The second-order valence-electron chi connectivity index (χ2n) is 4.14. The topological polar surface area (TPSA) is 68.1 Å². The lowest BCUT2D eigenvalue weighted by molar-refractivity contribution is -0.384. The van der Waals surface area contributed by atoms with Crippen molar-refractivity contribution in [2.75, 3.05) is 11.9 Å². The van der Waals surface area contributed by atoms with Gasteiger partial charge in [0.2, 0.25) is 5.82 Å². The molecule has 0 spiro atoms. The first-order chi connectivity index (χ1) is 9.99. The standard InChI is InChI=1S/C13H10Cl3N3O2/c14-9-2-1-3-10(15)8(9)6-7-17-13-11(19(20)21)4-5-12(16)18-13/h1-5H,6-7H2,(H,17,18). The summed E-state index contributed by atoms with van der Waals surface area (Å²) in [4.78, 5) is 14.3. The highest BCUT2D eigenvalue weighted by Gasteiger charge is 2.15. The number of hydrogen-bond donors (Lipinski definition) is 1. The smallest absolute Gasteiger partial charge is 0.311 e. The summed E-state index contributed by atoms with van der Waals surface area (Å²) in [6.45, 7) is 0.387. The molecular formula is C13H10Cl3N3O2. The van der Waals surface area contributed by atoms with Gasteiger partial charge in [0.05, 0.1) is 4.92 Å². The molecule has 2 rings (SSSR count). The zero-order valence-corrected chi connectivity index (χ0v) is 12.9. The maximum absolute atomic E-state index is 10.9. The fourth-order valence-electron chi connectivity index (χ4n) is 1.78. The molecule has 8 heteroatoms. The SMILES string of the molecule is O=[N+]([O-])c1ccc(Cl)nc1NCCc1c(Cl)cccc1Cl. The zero-order valence-electron chi connectivity index (χ0n) is 10.6. The third kappa shape index (κ3) is 3.97. The number of rotatable bonds is 5. The molecule has 0 unspecified atom stereocenters. The molecule has 2 aromatic rings. The van der Waals surface area contributed by atoms with E-state index < -0.39 is 4.92 Å². The second kappa shape index (κ2) is 6.93. The third-order valence-electron chi connectivity index (χ3n) is 2.77. The first-order valence-electron chi connectivity index (χ1n) is 5.96. The molecule has 0 saturated heterocycles. The van der Waals surface area contributed by atoms with Crippen molar-refractivity contribution in [2.24, 2.45) is 0 Å². The highest BCUT2D eigenvalue weighted by molar-refractivity contribution is 6.36. The Kier molecular flexibility index (Phi) is 5.22. The Labute approximate surface area is 136 Å². The number of aromatic nitrogens is 1. The lowest BCUT2D eigenvalue weighted by Gasteiger charge is -2.09. The molecule has 0 saturated carbocycles. The molecule has 1 aromatic heterocycles. The van der Waals surface area contributed by atoms with Crippen LogP contribution in [0, 0.1) is 10.1 Å². The largest absolute Gasteiger partial charge is 0.364 e. The van der Waals surface area contributed by atoms with Crippen molar-refractivity contribution in [1.82, 2.24) is 4.98 Å². The van der Waals surface area contributed by atoms with Crippen molar-refractivity contribution in [2.45, 2.75) is 6.42 Å². The van der Waals surface area contributed by atoms with Crippen molar-refractivity contribution in [3.8, 4) is 0 Å². The van der Waals surface area contributed by atoms with Gasteiger partial charge in [-0.1, -0.05) is 40.9 Å². The summed E-state index contributed by atoms with van der Waals surface area (Å²) in [6, 6.07) is 7.91. The van der Waals surface area contributed by atoms with E-state index in [1.807, 2.05) is 0 Å². The van der Waals surface area contributed by atoms with Gasteiger partial charge >= 0.3 is 5.69 Å². The van der Waals surface area contributed by atoms with Crippen molar-refractivity contribution in [3.63, 3.8) is 0 Å². The van der Waals surface area contributed by atoms with E-state index in [4.69, 9.17) is 34.8 Å². The molecule has 0 amide bonds. The van der Waals surface area contributed by atoms with Crippen LogP contribution in [0.4, 0.5) is 11.5 Å². The molecular weight excluding hydrogens is 337 g/mol. The summed E-state index contributed by atoms with van der Waals surface area (Å²) >= 11 is 17.9. The van der Waals surface area contributed by atoms with Crippen LogP contribution in [0.5, 0.6) is 0 Å². The van der Waals surface area contributed by atoms with E-state index >= 15 is 0 Å². The van der Waals surface area contributed by atoms with Crippen LogP contribution in [-0.2, 0) is 6.42 Å². The van der Waals surface area contributed by atoms with Crippen LogP contribution in [0.3, 0.4) is 0 Å². The fourth-order valence-corrected chi connectivity index (χ4v) is 2.52. The number of pyridine rings is 1. The number of hydrogen-bond acceptors (Lipinski definition) is 4. The van der Waals surface area contributed by atoms with E-state index in [1.165, 1.54) is 12.1 Å². The monoisotopic (exact) mass is 345 g/mol. The van der Waals surface area contributed by atoms with Crippen molar-refractivity contribution in [1.29, 1.82) is 0 Å². The highest BCUT2D eigenvalue weighted by Crippen LogP contribution is 2.26. The molecule has 0 aliphatic carbocycles. The Morgan fingerprint density at radius 3 is 2.43 bits per heavy atom. The third-order valence-corrected chi connectivity index (χ3v) is 3.68. The highest BCUT2D eigenvalue weighted by atomic mass is 35.5. The summed E-state index contributed by atoms with van der Waals surface area (Å²) in [5.74, 6) is 0.121. The molecule has 0 fully saturated rings. The van der Waals surface area contributed by atoms with E-state index in [9.17, 15) is 10.1 Å². The van der Waals surface area contributed by atoms with Gasteiger partial charge in [-0.25, -0.2) is 4.98 Å². The average molecular weight is 347 g/mol. The van der Waals surface area contributed by atoms with E-state index in [0.717, 1.165) is 5.56 Å². The predicted molar refractivity (Wildman–Crippen MR) is 84.6 cm³/mol. The van der Waals surface area contributed by atoms with Crippen LogP contribution in [0.2, 0.25) is 15.2 Å². The molecule has 21 heavy (non-hydrogen) atoms. The quantitative estimate of drug-likeness (QED) is 0.488. The predicted octanol–water partition coefficient (Wildman–Crippen LogP) is 4.60.